The van der Waals surface area contributed by atoms with Crippen molar-refractivity contribution in [2.75, 3.05) is 5.73 Å². The van der Waals surface area contributed by atoms with Crippen LogP contribution in [0, 0.1) is 0 Å². The van der Waals surface area contributed by atoms with Crippen LogP contribution in [0.5, 0.6) is 11.5 Å². The summed E-state index contributed by atoms with van der Waals surface area (Å²) in [5.74, 6) is 1.07. The van der Waals surface area contributed by atoms with Gasteiger partial charge in [0, 0.05) is 5.69 Å². The van der Waals surface area contributed by atoms with Crippen LogP contribution in [-0.2, 0) is 9.47 Å². The van der Waals surface area contributed by atoms with Gasteiger partial charge in [-0.3, -0.25) is 10.6 Å². The number of carbonyl (C=O) groups excluding carboxylic acids is 2. The van der Waals surface area contributed by atoms with Gasteiger partial charge in [-0.2, -0.15) is 0 Å². The first-order valence-electron chi connectivity index (χ1n) is 10.0. The number of carbonyl (C=O) groups is 2. The van der Waals surface area contributed by atoms with Gasteiger partial charge in [0.2, 0.25) is 5.96 Å². The molecule has 0 aliphatic heterocycles. The van der Waals surface area contributed by atoms with Gasteiger partial charge in [-0.25, -0.2) is 14.6 Å². The number of nitrogens with zero attached hydrogens (tertiary/aromatic N) is 1. The van der Waals surface area contributed by atoms with Crippen molar-refractivity contribution in [3.8, 4) is 11.5 Å². The summed E-state index contributed by atoms with van der Waals surface area (Å²) in [6.45, 7) is 10.4. The molecule has 0 fully saturated rings. The van der Waals surface area contributed by atoms with E-state index < -0.39 is 23.4 Å². The van der Waals surface area contributed by atoms with Crippen LogP contribution in [0.25, 0.3) is 0 Å². The molecule has 0 aromatic heterocycles. The molecule has 0 saturated heterocycles. The lowest BCUT2D eigenvalue weighted by Crippen LogP contribution is -2.47. The topological polar surface area (TPSA) is 124 Å². The van der Waals surface area contributed by atoms with Crippen LogP contribution < -0.4 is 21.1 Å². The lowest BCUT2D eigenvalue weighted by molar-refractivity contribution is 0.0545. The van der Waals surface area contributed by atoms with Crippen molar-refractivity contribution in [3.05, 3.63) is 48.5 Å². The van der Waals surface area contributed by atoms with E-state index in [9.17, 15) is 9.59 Å². The summed E-state index contributed by atoms with van der Waals surface area (Å²) in [7, 11) is 0. The Morgan fingerprint density at radius 1 is 0.750 bits per heavy atom. The second-order valence-electron chi connectivity index (χ2n) is 8.88. The number of hydrogen-bond acceptors (Lipinski definition) is 7. The van der Waals surface area contributed by atoms with Crippen LogP contribution in [0.2, 0.25) is 0 Å². The number of nitrogens with two attached hydrogens (primary N) is 1. The summed E-state index contributed by atoms with van der Waals surface area (Å²) < 4.78 is 16.2. The Labute approximate surface area is 188 Å². The summed E-state index contributed by atoms with van der Waals surface area (Å²) in [4.78, 5) is 28.6. The lowest BCUT2D eigenvalue weighted by atomic mass is 10.2. The number of anilines is 1. The molecule has 2 rings (SSSR count). The van der Waals surface area contributed by atoms with Gasteiger partial charge in [0.15, 0.2) is 0 Å². The number of nitrogen functional groups attached to an aromatic ring is 1. The predicted octanol–water partition coefficient (Wildman–Crippen LogP) is 5.10. The molecule has 9 nitrogen and oxygen atoms in total. The normalized spacial score (nSPS) is 11.2. The van der Waals surface area contributed by atoms with Crippen LogP contribution in [0.15, 0.2) is 53.5 Å². The number of alkyl carbamates (subject to hydrolysis) is 2. The zero-order chi connectivity index (χ0) is 23.9. The average molecular weight is 443 g/mol. The highest BCUT2D eigenvalue weighted by molar-refractivity contribution is 6.02. The highest BCUT2D eigenvalue weighted by Gasteiger charge is 2.21. The van der Waals surface area contributed by atoms with Crippen molar-refractivity contribution in [1.29, 1.82) is 0 Å². The van der Waals surface area contributed by atoms with Crippen molar-refractivity contribution in [2.45, 2.75) is 52.7 Å². The first-order valence-corrected chi connectivity index (χ1v) is 10.0. The third kappa shape index (κ3) is 9.38. The summed E-state index contributed by atoms with van der Waals surface area (Å²) in [6, 6.07) is 13.7. The monoisotopic (exact) mass is 442 g/mol. The number of amides is 2. The van der Waals surface area contributed by atoms with E-state index in [0.29, 0.717) is 22.9 Å². The molecule has 2 amide bonds. The van der Waals surface area contributed by atoms with Gasteiger partial charge in [-0.05, 0) is 90.1 Å². The number of nitrogens with one attached hydrogen (secondary N) is 2. The van der Waals surface area contributed by atoms with Gasteiger partial charge in [0.25, 0.3) is 0 Å². The molecular weight excluding hydrogens is 412 g/mol. The van der Waals surface area contributed by atoms with E-state index in [1.807, 2.05) is 0 Å². The third-order valence-corrected chi connectivity index (χ3v) is 3.43. The summed E-state index contributed by atoms with van der Waals surface area (Å²) in [5, 5.41) is 4.86. The van der Waals surface area contributed by atoms with Crippen LogP contribution in [-0.4, -0.2) is 29.3 Å². The van der Waals surface area contributed by atoms with E-state index in [2.05, 4.69) is 15.6 Å². The Kier molecular flexibility index (Phi) is 7.69. The van der Waals surface area contributed by atoms with Crippen LogP contribution in [0.4, 0.5) is 21.0 Å². The van der Waals surface area contributed by atoms with Crippen molar-refractivity contribution < 1.29 is 23.8 Å². The zero-order valence-electron chi connectivity index (χ0n) is 19.2. The largest absolute Gasteiger partial charge is 0.457 e. The SMILES string of the molecule is CC(C)(C)OC(=O)NC(=Nc1ccc(Oc2ccc(N)cc2)cc1)NC(=O)OC(C)(C)C. The molecule has 0 saturated carbocycles. The van der Waals surface area contributed by atoms with Gasteiger partial charge in [-0.1, -0.05) is 0 Å². The Morgan fingerprint density at radius 2 is 1.16 bits per heavy atom. The maximum absolute atomic E-state index is 12.2. The summed E-state index contributed by atoms with van der Waals surface area (Å²) in [5.41, 5.74) is 5.33. The molecule has 172 valence electrons. The number of rotatable bonds is 3. The third-order valence-electron chi connectivity index (χ3n) is 3.43. The van der Waals surface area contributed by atoms with E-state index >= 15 is 0 Å². The molecule has 32 heavy (non-hydrogen) atoms. The highest BCUT2D eigenvalue weighted by Crippen LogP contribution is 2.24. The second kappa shape index (κ2) is 10.0. The van der Waals surface area contributed by atoms with Crippen molar-refractivity contribution in [3.63, 3.8) is 0 Å². The van der Waals surface area contributed by atoms with Gasteiger partial charge in [-0.15, -0.1) is 0 Å². The molecule has 2 aromatic rings. The van der Waals surface area contributed by atoms with E-state index in [1.165, 1.54) is 0 Å². The van der Waals surface area contributed by atoms with E-state index in [4.69, 9.17) is 19.9 Å². The van der Waals surface area contributed by atoms with E-state index in [1.54, 1.807) is 90.1 Å². The Morgan fingerprint density at radius 3 is 1.56 bits per heavy atom. The molecule has 0 spiro atoms. The van der Waals surface area contributed by atoms with Crippen molar-refractivity contribution in [1.82, 2.24) is 10.6 Å². The lowest BCUT2D eigenvalue weighted by Gasteiger charge is -2.22. The quantitative estimate of drug-likeness (QED) is 0.345. The molecule has 0 heterocycles. The average Bonchev–Trinajstić information content (AvgIpc) is 2.62. The fourth-order valence-corrected chi connectivity index (χ4v) is 2.28. The second-order valence-corrected chi connectivity index (χ2v) is 8.88. The van der Waals surface area contributed by atoms with Crippen LogP contribution >= 0.6 is 0 Å². The van der Waals surface area contributed by atoms with Crippen LogP contribution in [0.3, 0.4) is 0 Å². The highest BCUT2D eigenvalue weighted by atomic mass is 16.6. The first kappa shape index (κ1) is 24.5. The van der Waals surface area contributed by atoms with Gasteiger partial charge in [0.1, 0.15) is 22.7 Å². The smallest absolute Gasteiger partial charge is 0.414 e. The molecule has 2 aromatic carbocycles. The number of benzene rings is 2. The molecule has 9 heteroatoms. The molecule has 0 bridgehead atoms. The molecule has 0 aliphatic carbocycles. The number of hydrogen-bond donors (Lipinski definition) is 3. The molecule has 0 unspecified atom stereocenters. The molecular formula is C23H30N4O5. The molecule has 0 radical (unpaired) electrons. The Hall–Kier alpha value is -3.75. The molecule has 0 aliphatic rings. The van der Waals surface area contributed by atoms with Crippen molar-refractivity contribution >= 4 is 29.5 Å². The van der Waals surface area contributed by atoms with Crippen molar-refractivity contribution in [2.24, 2.45) is 4.99 Å². The maximum Gasteiger partial charge on any atom is 0.414 e. The number of aliphatic imine (C=N–C) groups is 1. The minimum absolute atomic E-state index is 0.138. The Balaban J connectivity index is 2.16. The molecule has 0 atom stereocenters. The van der Waals surface area contributed by atoms with Gasteiger partial charge in [0.05, 0.1) is 5.69 Å². The van der Waals surface area contributed by atoms with Gasteiger partial charge < -0.3 is 19.9 Å². The fraction of sp³-hybridized carbons (Fsp3) is 0.348. The predicted molar refractivity (Wildman–Crippen MR) is 123 cm³/mol. The Bertz CT molecular complexity index is 924. The van der Waals surface area contributed by atoms with E-state index in [0.717, 1.165) is 0 Å². The summed E-state index contributed by atoms with van der Waals surface area (Å²) >= 11 is 0. The fourth-order valence-electron chi connectivity index (χ4n) is 2.28. The van der Waals surface area contributed by atoms with Gasteiger partial charge >= 0.3 is 12.2 Å². The first-order chi connectivity index (χ1) is 14.8. The zero-order valence-corrected chi connectivity index (χ0v) is 19.2. The van der Waals surface area contributed by atoms with E-state index in [-0.39, 0.29) is 5.96 Å². The number of guanidine groups is 1. The minimum atomic E-state index is -0.768. The maximum atomic E-state index is 12.2. The number of ether oxygens (including phenoxy) is 3. The van der Waals surface area contributed by atoms with Crippen LogP contribution in [0.1, 0.15) is 41.5 Å². The summed E-state index contributed by atoms with van der Waals surface area (Å²) in [6.07, 6.45) is -1.54. The minimum Gasteiger partial charge on any atom is -0.457 e. The molecule has 4 N–H and O–H groups in total. The standard InChI is InChI=1S/C23H30N4O5/c1-22(2,3)31-20(28)26-19(27-21(29)32-23(4,5)6)25-16-9-13-18(14-10-16)30-17-11-7-15(24)8-12-17/h7-14H,24H2,1-6H3,(H2,25,26,27,28,29).